The first-order valence-electron chi connectivity index (χ1n) is 12.8. The normalized spacial score (nSPS) is 13.9. The van der Waals surface area contributed by atoms with Crippen molar-refractivity contribution in [3.63, 3.8) is 0 Å². The number of carbonyl (C=O) groups is 1. The molecule has 1 aliphatic heterocycles. The van der Waals surface area contributed by atoms with Crippen LogP contribution in [0.25, 0.3) is 21.9 Å². The van der Waals surface area contributed by atoms with Crippen LogP contribution in [0.5, 0.6) is 11.5 Å². The lowest BCUT2D eigenvalue weighted by Crippen LogP contribution is -2.38. The Morgan fingerprint density at radius 3 is 2.43 bits per heavy atom. The van der Waals surface area contributed by atoms with Crippen LogP contribution < -0.4 is 14.8 Å². The van der Waals surface area contributed by atoms with Gasteiger partial charge in [-0.05, 0) is 54.4 Å². The van der Waals surface area contributed by atoms with E-state index in [1.165, 1.54) is 0 Å². The van der Waals surface area contributed by atoms with E-state index in [0.29, 0.717) is 18.8 Å². The molecule has 6 heteroatoms. The number of fused-ring (bicyclic) bond motifs is 1. The Bertz CT molecular complexity index is 1360. The summed E-state index contributed by atoms with van der Waals surface area (Å²) in [4.78, 5) is 15.6. The molecule has 1 heterocycles. The number of anilines is 1. The lowest BCUT2D eigenvalue weighted by molar-refractivity contribution is 0.0323. The molecule has 0 aromatic heterocycles. The van der Waals surface area contributed by atoms with Crippen molar-refractivity contribution in [1.82, 2.24) is 4.90 Å². The van der Waals surface area contributed by atoms with Crippen LogP contribution in [0.15, 0.2) is 84.9 Å². The number of nitrogens with zero attached hydrogens (tertiary/aromatic N) is 1. The molecule has 0 aliphatic carbocycles. The average molecular weight is 497 g/mol. The summed E-state index contributed by atoms with van der Waals surface area (Å²) in [5, 5.41) is 5.03. The van der Waals surface area contributed by atoms with Gasteiger partial charge in [-0.3, -0.25) is 9.69 Å². The van der Waals surface area contributed by atoms with Crippen LogP contribution >= 0.6 is 0 Å². The maximum absolute atomic E-state index is 13.3. The van der Waals surface area contributed by atoms with E-state index in [2.05, 4.69) is 10.2 Å². The van der Waals surface area contributed by atoms with E-state index in [9.17, 15) is 4.79 Å². The summed E-state index contributed by atoms with van der Waals surface area (Å²) in [7, 11) is 0. The highest BCUT2D eigenvalue weighted by Gasteiger charge is 2.14. The Hall–Kier alpha value is -3.87. The van der Waals surface area contributed by atoms with E-state index in [4.69, 9.17) is 14.2 Å². The summed E-state index contributed by atoms with van der Waals surface area (Å²) in [6.07, 6.45) is 0. The molecule has 6 nitrogen and oxygen atoms in total. The second-order valence-corrected chi connectivity index (χ2v) is 8.96. The average Bonchev–Trinajstić information content (AvgIpc) is 2.95. The molecular formula is C31H32N2O4. The molecule has 0 saturated carbocycles. The number of hydrogen-bond acceptors (Lipinski definition) is 5. The molecule has 1 N–H and O–H groups in total. The fourth-order valence-electron chi connectivity index (χ4n) is 4.58. The van der Waals surface area contributed by atoms with Crippen molar-refractivity contribution in [3.8, 4) is 22.6 Å². The van der Waals surface area contributed by atoms with Crippen molar-refractivity contribution < 1.29 is 19.0 Å². The fourth-order valence-corrected chi connectivity index (χ4v) is 4.58. The van der Waals surface area contributed by atoms with Crippen LogP contribution in [0.3, 0.4) is 0 Å². The largest absolute Gasteiger partial charge is 0.494 e. The van der Waals surface area contributed by atoms with Crippen LogP contribution in [0.1, 0.15) is 17.3 Å². The molecular weight excluding hydrogens is 464 g/mol. The zero-order valence-corrected chi connectivity index (χ0v) is 21.1. The lowest BCUT2D eigenvalue weighted by Gasteiger charge is -2.26. The molecule has 4 aromatic rings. The number of benzene rings is 4. The Morgan fingerprint density at radius 1 is 0.865 bits per heavy atom. The number of carbonyl (C=O) groups excluding carboxylic acids is 1. The molecule has 1 saturated heterocycles. The smallest absolute Gasteiger partial charge is 0.255 e. The minimum absolute atomic E-state index is 0.158. The van der Waals surface area contributed by atoms with Gasteiger partial charge in [0.25, 0.3) is 5.91 Å². The van der Waals surface area contributed by atoms with Gasteiger partial charge in [-0.25, -0.2) is 0 Å². The minimum Gasteiger partial charge on any atom is -0.494 e. The molecule has 1 aliphatic rings. The zero-order chi connectivity index (χ0) is 25.5. The summed E-state index contributed by atoms with van der Waals surface area (Å²) >= 11 is 0. The first-order valence-corrected chi connectivity index (χ1v) is 12.8. The monoisotopic (exact) mass is 496 g/mol. The van der Waals surface area contributed by atoms with Crippen LogP contribution in [0.2, 0.25) is 0 Å². The minimum atomic E-state index is -0.158. The Kier molecular flexibility index (Phi) is 7.99. The van der Waals surface area contributed by atoms with Gasteiger partial charge in [0, 0.05) is 41.7 Å². The second kappa shape index (κ2) is 11.9. The quantitative estimate of drug-likeness (QED) is 0.314. The molecule has 5 rings (SSSR count). The highest BCUT2D eigenvalue weighted by Crippen LogP contribution is 2.32. The lowest BCUT2D eigenvalue weighted by atomic mass is 10.0. The van der Waals surface area contributed by atoms with Gasteiger partial charge in [-0.2, -0.15) is 0 Å². The van der Waals surface area contributed by atoms with Crippen molar-refractivity contribution in [3.05, 3.63) is 90.5 Å². The Balaban J connectivity index is 1.32. The van der Waals surface area contributed by atoms with Crippen molar-refractivity contribution >= 4 is 22.4 Å². The maximum atomic E-state index is 13.3. The van der Waals surface area contributed by atoms with Crippen LogP contribution in [-0.4, -0.2) is 56.9 Å². The van der Waals surface area contributed by atoms with Crippen LogP contribution in [0, 0.1) is 0 Å². The zero-order valence-electron chi connectivity index (χ0n) is 21.1. The molecule has 1 amide bonds. The molecule has 1 fully saturated rings. The van der Waals surface area contributed by atoms with E-state index in [1.807, 2.05) is 91.9 Å². The molecule has 0 bridgehead atoms. The Morgan fingerprint density at radius 2 is 1.62 bits per heavy atom. The van der Waals surface area contributed by atoms with Gasteiger partial charge in [-0.1, -0.05) is 48.5 Å². The predicted octanol–water partition coefficient (Wildman–Crippen LogP) is 5.87. The third-order valence-corrected chi connectivity index (χ3v) is 6.50. The van der Waals surface area contributed by atoms with E-state index >= 15 is 0 Å². The number of hydrogen-bond donors (Lipinski definition) is 1. The third-order valence-electron chi connectivity index (χ3n) is 6.50. The summed E-state index contributed by atoms with van der Waals surface area (Å²) < 4.78 is 17.2. The van der Waals surface area contributed by atoms with E-state index in [-0.39, 0.29) is 5.91 Å². The SMILES string of the molecule is CCOc1cccc(-c2cccc(C(=O)Nc3ccc(OCCN4CCOCC4)c4ccccc34)c2)c1. The molecule has 0 radical (unpaired) electrons. The van der Waals surface area contributed by atoms with Gasteiger partial charge in [-0.15, -0.1) is 0 Å². The highest BCUT2D eigenvalue weighted by molar-refractivity contribution is 6.10. The predicted molar refractivity (Wildman–Crippen MR) is 148 cm³/mol. The van der Waals surface area contributed by atoms with Gasteiger partial charge in [0.15, 0.2) is 0 Å². The number of amides is 1. The molecule has 37 heavy (non-hydrogen) atoms. The van der Waals surface area contributed by atoms with Crippen LogP contribution in [-0.2, 0) is 4.74 Å². The molecule has 190 valence electrons. The van der Waals surface area contributed by atoms with Crippen molar-refractivity contribution in [2.24, 2.45) is 0 Å². The first kappa shape index (κ1) is 24.8. The maximum Gasteiger partial charge on any atom is 0.255 e. The van der Waals surface area contributed by atoms with Crippen molar-refractivity contribution in [2.75, 3.05) is 51.4 Å². The van der Waals surface area contributed by atoms with Gasteiger partial charge in [0.1, 0.15) is 18.1 Å². The first-order chi connectivity index (χ1) is 18.2. The number of nitrogens with one attached hydrogen (secondary N) is 1. The number of morpholine rings is 1. The third kappa shape index (κ3) is 6.10. The summed E-state index contributed by atoms with van der Waals surface area (Å²) in [6.45, 7) is 7.47. The summed E-state index contributed by atoms with van der Waals surface area (Å²) in [6, 6.07) is 27.4. The standard InChI is InChI=1S/C31H32N2O4/c1-2-36-26-10-6-8-24(22-26)23-7-5-9-25(21-23)31(34)32-29-13-14-30(28-12-4-3-11-27(28)29)37-20-17-33-15-18-35-19-16-33/h3-14,21-22H,2,15-20H2,1H3,(H,32,34). The molecule has 0 atom stereocenters. The van der Waals surface area contributed by atoms with Gasteiger partial charge in [0.05, 0.1) is 19.8 Å². The molecule has 0 unspecified atom stereocenters. The number of ether oxygens (including phenoxy) is 3. The van der Waals surface area contributed by atoms with Gasteiger partial charge >= 0.3 is 0 Å². The van der Waals surface area contributed by atoms with Gasteiger partial charge < -0.3 is 19.5 Å². The molecule has 4 aromatic carbocycles. The van der Waals surface area contributed by atoms with Crippen molar-refractivity contribution in [2.45, 2.75) is 6.92 Å². The molecule has 0 spiro atoms. The summed E-state index contributed by atoms with van der Waals surface area (Å²) in [5.41, 5.74) is 3.31. The second-order valence-electron chi connectivity index (χ2n) is 8.96. The Labute approximate surface area is 217 Å². The fraction of sp³-hybridized carbons (Fsp3) is 0.258. The summed E-state index contributed by atoms with van der Waals surface area (Å²) in [5.74, 6) is 1.47. The van der Waals surface area contributed by atoms with E-state index in [1.54, 1.807) is 0 Å². The van der Waals surface area contributed by atoms with Gasteiger partial charge in [0.2, 0.25) is 0 Å². The van der Waals surface area contributed by atoms with E-state index in [0.717, 1.165) is 71.9 Å². The van der Waals surface area contributed by atoms with Crippen molar-refractivity contribution in [1.29, 1.82) is 0 Å². The van der Waals surface area contributed by atoms with E-state index < -0.39 is 0 Å². The topological polar surface area (TPSA) is 60.0 Å². The number of rotatable bonds is 9. The van der Waals surface area contributed by atoms with Crippen LogP contribution in [0.4, 0.5) is 5.69 Å². The highest BCUT2D eigenvalue weighted by atomic mass is 16.5.